The Morgan fingerprint density at radius 3 is 1.82 bits per heavy atom. The summed E-state index contributed by atoms with van der Waals surface area (Å²) in [6, 6.07) is 5.27. The van der Waals surface area contributed by atoms with Crippen LogP contribution in [0.25, 0.3) is 0 Å². The van der Waals surface area contributed by atoms with E-state index >= 15 is 0 Å². The summed E-state index contributed by atoms with van der Waals surface area (Å²) in [5, 5.41) is 11.9. The number of quaternary nitrogens is 1. The average molecular weight is 651 g/mol. The summed E-state index contributed by atoms with van der Waals surface area (Å²) in [4.78, 5) is 61.1. The van der Waals surface area contributed by atoms with Crippen molar-refractivity contribution in [1.29, 1.82) is 0 Å². The third kappa shape index (κ3) is 12.3. The Labute approximate surface area is 298 Å². The van der Waals surface area contributed by atoms with Gasteiger partial charge in [0, 0.05) is 30.3 Å². The first kappa shape index (κ1) is 44.4. The van der Waals surface area contributed by atoms with Crippen molar-refractivity contribution in [2.45, 2.75) is 43.9 Å². The predicted octanol–water partition coefficient (Wildman–Crippen LogP) is -0.231. The van der Waals surface area contributed by atoms with Crippen molar-refractivity contribution in [3.63, 3.8) is 0 Å². The van der Waals surface area contributed by atoms with Crippen molar-refractivity contribution < 1.29 is 43.4 Å². The molecular weight excluding hydrogens is 616 g/mol. The Hall–Kier alpha value is 1.96. The number of benzene rings is 1. The number of hydrogen-bond acceptors (Lipinski definition) is 6. The first-order valence-electron chi connectivity index (χ1n) is 10.5. The average Bonchev–Trinajstić information content (AvgIpc) is 2.76. The zero-order chi connectivity index (χ0) is 27.1. The molecular formula is C19H35Cl2N3Na3O9P2+. The van der Waals surface area contributed by atoms with Gasteiger partial charge in [-0.15, -0.1) is 23.2 Å². The number of carbonyl (C=O) groups is 2. The molecule has 19 heteroatoms. The van der Waals surface area contributed by atoms with Crippen molar-refractivity contribution in [2.24, 2.45) is 0 Å². The molecule has 0 saturated heterocycles. The Morgan fingerprint density at radius 2 is 1.45 bits per heavy atom. The molecule has 0 bridgehead atoms. The van der Waals surface area contributed by atoms with E-state index in [1.807, 2.05) is 0 Å². The van der Waals surface area contributed by atoms with Crippen LogP contribution in [-0.2, 0) is 18.7 Å². The van der Waals surface area contributed by atoms with Gasteiger partial charge in [0.15, 0.2) is 0 Å². The zero-order valence-electron chi connectivity index (χ0n) is 19.3. The molecule has 0 aliphatic rings. The van der Waals surface area contributed by atoms with Crippen LogP contribution < -0.4 is 15.1 Å². The maximum absolute atomic E-state index is 12.5. The number of nitrogens with one attached hydrogen (secondary N) is 2. The van der Waals surface area contributed by atoms with Crippen LogP contribution in [-0.4, -0.2) is 168 Å². The van der Waals surface area contributed by atoms with E-state index in [1.165, 1.54) is 6.92 Å². The zero-order valence-corrected chi connectivity index (χ0v) is 22.6. The van der Waals surface area contributed by atoms with Crippen molar-refractivity contribution in [2.75, 3.05) is 30.2 Å². The SMILES string of the molecule is CC(CCC(O)(P(=O)(O)O)P(=O)(O)O)NC(=O)[C@H](C)Nc1ccc([N+](C=O)(CCCl)CCCl)cc1.[NaH].[NaH].[NaH]. The van der Waals surface area contributed by atoms with E-state index in [9.17, 15) is 43.4 Å². The van der Waals surface area contributed by atoms with E-state index < -0.39 is 44.7 Å². The van der Waals surface area contributed by atoms with Gasteiger partial charge >= 0.3 is 110 Å². The Morgan fingerprint density at radius 1 is 1.00 bits per heavy atom. The second kappa shape index (κ2) is 19.3. The van der Waals surface area contributed by atoms with Gasteiger partial charge in [-0.25, -0.2) is 9.28 Å². The van der Waals surface area contributed by atoms with Crippen LogP contribution in [0.2, 0.25) is 0 Å². The fraction of sp³-hybridized carbons (Fsp3) is 0.579. The van der Waals surface area contributed by atoms with Gasteiger partial charge in [-0.05, 0) is 32.4 Å². The molecule has 0 aliphatic heterocycles. The second-order valence-electron chi connectivity index (χ2n) is 8.19. The van der Waals surface area contributed by atoms with Crippen LogP contribution in [0, 0.1) is 0 Å². The molecule has 7 N–H and O–H groups in total. The molecule has 0 heterocycles. The third-order valence-corrected chi connectivity index (χ3v) is 9.78. The van der Waals surface area contributed by atoms with Crippen LogP contribution in [0.1, 0.15) is 26.7 Å². The molecule has 0 fully saturated rings. The summed E-state index contributed by atoms with van der Waals surface area (Å²) in [5.74, 6) is 0.00920. The molecule has 1 aromatic carbocycles. The minimum atomic E-state index is -5.56. The number of halogens is 2. The summed E-state index contributed by atoms with van der Waals surface area (Å²) < 4.78 is 22.8. The van der Waals surface area contributed by atoms with Crippen molar-refractivity contribution in [3.8, 4) is 0 Å². The number of alkyl halides is 2. The van der Waals surface area contributed by atoms with Gasteiger partial charge in [0.05, 0.1) is 11.8 Å². The summed E-state index contributed by atoms with van der Waals surface area (Å²) in [7, 11) is -11.1. The molecule has 206 valence electrons. The Bertz CT molecular complexity index is 943. The summed E-state index contributed by atoms with van der Waals surface area (Å²) in [6.45, 7) is 3.75. The molecule has 2 amide bonds. The number of hydrogen-bond donors (Lipinski definition) is 7. The first-order chi connectivity index (χ1) is 16.1. The molecule has 0 radical (unpaired) electrons. The number of nitrogens with zero attached hydrogens (tertiary/aromatic N) is 1. The van der Waals surface area contributed by atoms with Crippen LogP contribution >= 0.6 is 38.4 Å². The molecule has 1 unspecified atom stereocenters. The monoisotopic (exact) mass is 650 g/mol. The van der Waals surface area contributed by atoms with Crippen molar-refractivity contribution in [1.82, 2.24) is 9.80 Å². The molecule has 1 aromatic rings. The second-order valence-corrected chi connectivity index (χ2v) is 13.0. The molecule has 0 aromatic heterocycles. The van der Waals surface area contributed by atoms with E-state index in [2.05, 4.69) is 10.6 Å². The van der Waals surface area contributed by atoms with Gasteiger partial charge in [0.2, 0.25) is 5.91 Å². The fourth-order valence-corrected chi connectivity index (χ4v) is 6.12. The molecule has 1 rings (SSSR count). The predicted molar refractivity (Wildman–Crippen MR) is 156 cm³/mol. The molecule has 2 atom stereocenters. The summed E-state index contributed by atoms with van der Waals surface area (Å²) >= 11 is 11.7. The standard InChI is InChI=1S/C19H31Cl2N3O9P2.3Na.3H/c1-14(7-8-19(27,34(28,29)30)35(31,32)33)22-18(26)15(2)23-16-3-5-17(6-4-16)24(13-25,11-9-20)12-10-21;;;;;;/h3-6,13-15,23,27H,7-12H2,1-2H3,(H4-,22,26,28,29,30,31,32,33);;;;;;/p+1/t14?,15-;;;;;;/m0....../s1. The van der Waals surface area contributed by atoms with Crippen LogP contribution in [0.5, 0.6) is 0 Å². The van der Waals surface area contributed by atoms with Crippen molar-refractivity contribution >= 4 is 151 Å². The molecule has 38 heavy (non-hydrogen) atoms. The number of amides is 2. The molecule has 0 saturated carbocycles. The number of carbonyl (C=O) groups excluding carboxylic acids is 2. The number of anilines is 1. The van der Waals surface area contributed by atoms with Gasteiger partial charge in [0.25, 0.3) is 5.08 Å². The Balaban J connectivity index is -0.00000408. The van der Waals surface area contributed by atoms with E-state index in [0.29, 0.717) is 24.5 Å². The number of aliphatic hydroxyl groups is 1. The molecule has 0 spiro atoms. The van der Waals surface area contributed by atoms with Gasteiger partial charge in [-0.1, -0.05) is 0 Å². The van der Waals surface area contributed by atoms with Gasteiger partial charge in [0.1, 0.15) is 24.8 Å². The first-order valence-corrected chi connectivity index (χ1v) is 14.8. The topological polar surface area (TPSA) is 193 Å². The fourth-order valence-electron chi connectivity index (χ4n) is 3.32. The maximum atomic E-state index is 12.5. The summed E-state index contributed by atoms with van der Waals surface area (Å²) in [5.41, 5.74) is 1.25. The van der Waals surface area contributed by atoms with Gasteiger partial charge < -0.3 is 35.3 Å². The molecule has 0 aliphatic carbocycles. The van der Waals surface area contributed by atoms with Crippen LogP contribution in [0.4, 0.5) is 11.4 Å². The van der Waals surface area contributed by atoms with E-state index in [0.717, 1.165) is 6.41 Å². The van der Waals surface area contributed by atoms with Crippen LogP contribution in [0.15, 0.2) is 24.3 Å². The Kier molecular flexibility index (Phi) is 22.5. The van der Waals surface area contributed by atoms with Crippen LogP contribution in [0.3, 0.4) is 0 Å². The third-order valence-electron chi connectivity index (χ3n) is 5.56. The van der Waals surface area contributed by atoms with E-state index in [-0.39, 0.29) is 111 Å². The van der Waals surface area contributed by atoms with Gasteiger partial charge in [-0.2, -0.15) is 0 Å². The molecule has 12 nitrogen and oxygen atoms in total. The van der Waals surface area contributed by atoms with E-state index in [1.54, 1.807) is 31.2 Å². The number of rotatable bonds is 15. The minimum absolute atomic E-state index is 0. The quantitative estimate of drug-likeness (QED) is 0.0438. The normalized spacial score (nSPS) is 13.6. The van der Waals surface area contributed by atoms with Gasteiger partial charge in [-0.3, -0.25) is 13.9 Å². The van der Waals surface area contributed by atoms with Crippen molar-refractivity contribution in [3.05, 3.63) is 24.3 Å². The summed E-state index contributed by atoms with van der Waals surface area (Å²) in [6.07, 6.45) is -0.467. The van der Waals surface area contributed by atoms with E-state index in [4.69, 9.17) is 23.2 Å².